The van der Waals surface area contributed by atoms with Crippen LogP contribution < -0.4 is 5.73 Å². The topological polar surface area (TPSA) is 49.5 Å². The van der Waals surface area contributed by atoms with Gasteiger partial charge in [0.15, 0.2) is 0 Å². The van der Waals surface area contributed by atoms with Gasteiger partial charge in [0.05, 0.1) is 12.5 Å². The van der Waals surface area contributed by atoms with Gasteiger partial charge >= 0.3 is 6.18 Å². The van der Waals surface area contributed by atoms with Gasteiger partial charge in [-0.3, -0.25) is 4.90 Å². The van der Waals surface area contributed by atoms with Gasteiger partial charge in [-0.25, -0.2) is 0 Å². The minimum atomic E-state index is -4.14. The molecule has 0 bridgehead atoms. The molecule has 6 heteroatoms. The maximum atomic E-state index is 12.6. The summed E-state index contributed by atoms with van der Waals surface area (Å²) in [6.45, 7) is 2.24. The second-order valence-corrected chi connectivity index (χ2v) is 4.70. The van der Waals surface area contributed by atoms with Gasteiger partial charge < -0.3 is 10.8 Å². The van der Waals surface area contributed by atoms with Crippen LogP contribution in [0.1, 0.15) is 26.2 Å². The first-order valence-electron chi connectivity index (χ1n) is 6.07. The third-order valence-electron chi connectivity index (χ3n) is 3.54. The fraction of sp³-hybridized carbons (Fsp3) is 1.00. The largest absolute Gasteiger partial charge is 0.395 e. The molecule has 0 saturated carbocycles. The molecule has 17 heavy (non-hydrogen) atoms. The van der Waals surface area contributed by atoms with Crippen LogP contribution >= 0.6 is 0 Å². The molecule has 0 radical (unpaired) electrons. The van der Waals surface area contributed by atoms with Gasteiger partial charge in [-0.1, -0.05) is 6.92 Å². The highest BCUT2D eigenvalue weighted by Gasteiger charge is 2.43. The second kappa shape index (κ2) is 6.02. The van der Waals surface area contributed by atoms with Crippen LogP contribution in [0.4, 0.5) is 13.2 Å². The molecule has 102 valence electrons. The lowest BCUT2D eigenvalue weighted by Crippen LogP contribution is -2.54. The normalized spacial score (nSPS) is 26.8. The zero-order valence-corrected chi connectivity index (χ0v) is 10.1. The molecule has 3 nitrogen and oxygen atoms in total. The molecule has 0 aromatic carbocycles. The van der Waals surface area contributed by atoms with Crippen molar-refractivity contribution >= 4 is 0 Å². The van der Waals surface area contributed by atoms with Crippen LogP contribution in [0.2, 0.25) is 0 Å². The van der Waals surface area contributed by atoms with Crippen LogP contribution in [0.3, 0.4) is 0 Å². The average molecular weight is 254 g/mol. The summed E-state index contributed by atoms with van der Waals surface area (Å²) in [4.78, 5) is 1.69. The fourth-order valence-corrected chi connectivity index (χ4v) is 2.37. The van der Waals surface area contributed by atoms with E-state index in [1.807, 2.05) is 6.92 Å². The van der Waals surface area contributed by atoms with E-state index in [0.717, 1.165) is 0 Å². The van der Waals surface area contributed by atoms with Crippen LogP contribution in [-0.4, -0.2) is 48.0 Å². The zero-order valence-electron chi connectivity index (χ0n) is 10.1. The smallest absolute Gasteiger partial charge is 0.393 e. The number of aliphatic hydroxyl groups excluding tert-OH is 1. The van der Waals surface area contributed by atoms with E-state index in [2.05, 4.69) is 0 Å². The molecule has 0 aromatic rings. The highest BCUT2D eigenvalue weighted by atomic mass is 19.4. The van der Waals surface area contributed by atoms with Gasteiger partial charge in [-0.2, -0.15) is 13.2 Å². The Morgan fingerprint density at radius 1 is 1.47 bits per heavy atom. The lowest BCUT2D eigenvalue weighted by molar-refractivity contribution is -0.189. The average Bonchev–Trinajstić information content (AvgIpc) is 2.29. The maximum absolute atomic E-state index is 12.6. The van der Waals surface area contributed by atoms with E-state index < -0.39 is 12.1 Å². The van der Waals surface area contributed by atoms with Crippen LogP contribution in [0.15, 0.2) is 0 Å². The quantitative estimate of drug-likeness (QED) is 0.796. The van der Waals surface area contributed by atoms with Gasteiger partial charge in [0, 0.05) is 18.6 Å². The van der Waals surface area contributed by atoms with E-state index in [4.69, 9.17) is 5.73 Å². The molecule has 3 N–H and O–H groups in total. The number of halogens is 3. The number of aliphatic hydroxyl groups is 1. The summed E-state index contributed by atoms with van der Waals surface area (Å²) in [6.07, 6.45) is -2.80. The van der Waals surface area contributed by atoms with E-state index in [9.17, 15) is 18.3 Å². The van der Waals surface area contributed by atoms with Gasteiger partial charge in [0.1, 0.15) is 0 Å². The van der Waals surface area contributed by atoms with E-state index in [0.29, 0.717) is 19.4 Å². The van der Waals surface area contributed by atoms with Crippen LogP contribution in [0.5, 0.6) is 0 Å². The number of nitrogens with two attached hydrogens (primary N) is 1. The SMILES string of the molecule is CCC(N)C(CO)N1CCCC(C(F)(F)F)C1. The Hall–Kier alpha value is -0.330. The summed E-state index contributed by atoms with van der Waals surface area (Å²) >= 11 is 0. The Morgan fingerprint density at radius 3 is 2.59 bits per heavy atom. The number of piperidine rings is 1. The molecule has 0 amide bonds. The van der Waals surface area contributed by atoms with E-state index in [1.165, 1.54) is 0 Å². The lowest BCUT2D eigenvalue weighted by atomic mass is 9.94. The highest BCUT2D eigenvalue weighted by Crippen LogP contribution is 2.33. The molecular weight excluding hydrogens is 233 g/mol. The zero-order chi connectivity index (χ0) is 13.1. The standard InChI is InChI=1S/C11H21F3N2O/c1-2-9(15)10(7-17)16-5-3-4-8(6-16)11(12,13)14/h8-10,17H,2-7,15H2,1H3. The molecule has 3 unspecified atom stereocenters. The summed E-state index contributed by atoms with van der Waals surface area (Å²) < 4.78 is 37.9. The predicted molar refractivity (Wildman–Crippen MR) is 59.5 cm³/mol. The van der Waals surface area contributed by atoms with Crippen molar-refractivity contribution in [3.8, 4) is 0 Å². The molecule has 1 fully saturated rings. The molecule has 0 spiro atoms. The fourth-order valence-electron chi connectivity index (χ4n) is 2.37. The Bertz CT molecular complexity index is 235. The maximum Gasteiger partial charge on any atom is 0.393 e. The molecule has 1 rings (SSSR count). The number of nitrogens with zero attached hydrogens (tertiary/aromatic N) is 1. The molecule has 0 aromatic heterocycles. The van der Waals surface area contributed by atoms with Crippen molar-refractivity contribution in [2.45, 2.75) is 44.4 Å². The third kappa shape index (κ3) is 3.82. The Labute approximate surface area is 99.8 Å². The first-order chi connectivity index (χ1) is 7.90. The Kier molecular flexibility index (Phi) is 5.22. The Morgan fingerprint density at radius 2 is 2.12 bits per heavy atom. The third-order valence-corrected chi connectivity index (χ3v) is 3.54. The van der Waals surface area contributed by atoms with E-state index in [1.54, 1.807) is 4.90 Å². The minimum absolute atomic E-state index is 0.0393. The van der Waals surface area contributed by atoms with Crippen LogP contribution in [0, 0.1) is 5.92 Å². The van der Waals surface area contributed by atoms with Crippen molar-refractivity contribution in [2.24, 2.45) is 11.7 Å². The summed E-state index contributed by atoms with van der Waals surface area (Å²) in [7, 11) is 0. The van der Waals surface area contributed by atoms with Gasteiger partial charge in [-0.05, 0) is 25.8 Å². The van der Waals surface area contributed by atoms with Crippen LogP contribution in [-0.2, 0) is 0 Å². The predicted octanol–water partition coefficient (Wildman–Crippen LogP) is 1.36. The molecule has 0 aliphatic carbocycles. The van der Waals surface area contributed by atoms with Gasteiger partial charge in [0.2, 0.25) is 0 Å². The second-order valence-electron chi connectivity index (χ2n) is 4.70. The molecule has 1 aliphatic rings. The van der Waals surface area contributed by atoms with Crippen molar-refractivity contribution in [3.05, 3.63) is 0 Å². The monoisotopic (exact) mass is 254 g/mol. The molecule has 1 heterocycles. The lowest BCUT2D eigenvalue weighted by Gasteiger charge is -2.40. The van der Waals surface area contributed by atoms with Crippen molar-refractivity contribution in [1.29, 1.82) is 0 Å². The minimum Gasteiger partial charge on any atom is -0.395 e. The summed E-state index contributed by atoms with van der Waals surface area (Å²) in [5.74, 6) is -1.28. The molecular formula is C11H21F3N2O. The van der Waals surface area contributed by atoms with E-state index in [-0.39, 0.29) is 31.7 Å². The number of rotatable bonds is 4. The van der Waals surface area contributed by atoms with Crippen molar-refractivity contribution < 1.29 is 18.3 Å². The number of hydrogen-bond acceptors (Lipinski definition) is 3. The summed E-state index contributed by atoms with van der Waals surface area (Å²) in [6, 6.07) is -0.628. The molecule has 1 saturated heterocycles. The van der Waals surface area contributed by atoms with Crippen LogP contribution in [0.25, 0.3) is 0 Å². The number of hydrogen-bond donors (Lipinski definition) is 2. The van der Waals surface area contributed by atoms with E-state index >= 15 is 0 Å². The summed E-state index contributed by atoms with van der Waals surface area (Å²) in [5.41, 5.74) is 5.83. The van der Waals surface area contributed by atoms with Crippen molar-refractivity contribution in [1.82, 2.24) is 4.90 Å². The molecule has 3 atom stereocenters. The number of alkyl halides is 3. The molecule has 1 aliphatic heterocycles. The van der Waals surface area contributed by atoms with Gasteiger partial charge in [-0.15, -0.1) is 0 Å². The first-order valence-corrected chi connectivity index (χ1v) is 6.07. The number of likely N-dealkylation sites (tertiary alicyclic amines) is 1. The Balaban J connectivity index is 2.64. The first kappa shape index (κ1) is 14.7. The summed E-state index contributed by atoms with van der Waals surface area (Å²) in [5, 5.41) is 9.27. The van der Waals surface area contributed by atoms with Crippen molar-refractivity contribution in [3.63, 3.8) is 0 Å². The van der Waals surface area contributed by atoms with Gasteiger partial charge in [0.25, 0.3) is 0 Å². The highest BCUT2D eigenvalue weighted by molar-refractivity contribution is 4.86. The van der Waals surface area contributed by atoms with Crippen molar-refractivity contribution in [2.75, 3.05) is 19.7 Å².